The molecule has 0 fully saturated rings. The molecule has 0 saturated carbocycles. The summed E-state index contributed by atoms with van der Waals surface area (Å²) in [4.78, 5) is 25.2. The summed E-state index contributed by atoms with van der Waals surface area (Å²) in [5.74, 6) is 0.207. The summed E-state index contributed by atoms with van der Waals surface area (Å²) in [7, 11) is -4.03. The van der Waals surface area contributed by atoms with E-state index >= 15 is 0 Å². The van der Waals surface area contributed by atoms with Crippen LogP contribution in [0, 0.1) is 12.3 Å². The third-order valence-electron chi connectivity index (χ3n) is 5.99. The van der Waals surface area contributed by atoms with E-state index < -0.39 is 27.6 Å². The van der Waals surface area contributed by atoms with E-state index in [1.54, 1.807) is 57.4 Å². The highest BCUT2D eigenvalue weighted by atomic mass is 32.2. The first-order valence-electron chi connectivity index (χ1n) is 13.3. The van der Waals surface area contributed by atoms with Crippen LogP contribution in [0.5, 0.6) is 0 Å². The van der Waals surface area contributed by atoms with Gasteiger partial charge in [-0.25, -0.2) is 18.0 Å². The summed E-state index contributed by atoms with van der Waals surface area (Å²) in [6.07, 6.45) is 1.33. The van der Waals surface area contributed by atoms with Crippen molar-refractivity contribution in [3.63, 3.8) is 0 Å². The number of carbonyl (C=O) groups excluding carboxylic acids is 2. The number of nitrogens with one attached hydrogen (secondary N) is 5. The number of amides is 3. The quantitative estimate of drug-likeness (QED) is 0.0936. The average molecular weight is 657 g/mol. The van der Waals surface area contributed by atoms with Gasteiger partial charge in [-0.3, -0.25) is 10.7 Å². The van der Waals surface area contributed by atoms with Gasteiger partial charge in [-0.05, 0) is 69.3 Å². The zero-order chi connectivity index (χ0) is 32.1. The first-order valence-corrected chi connectivity index (χ1v) is 16.8. The number of ether oxygens (including phenoxy) is 1. The smallest absolute Gasteiger partial charge is 0.413 e. The van der Waals surface area contributed by atoms with Gasteiger partial charge in [0.1, 0.15) is 11.4 Å². The predicted molar refractivity (Wildman–Crippen MR) is 169 cm³/mol. The number of anilines is 1. The van der Waals surface area contributed by atoms with Crippen LogP contribution in [0.3, 0.4) is 0 Å². The normalized spacial score (nSPS) is 11.6. The number of sulfone groups is 1. The summed E-state index contributed by atoms with van der Waals surface area (Å²) in [5.41, 5.74) is 1.83. The van der Waals surface area contributed by atoms with Gasteiger partial charge >= 0.3 is 12.1 Å². The molecule has 2 aromatic carbocycles. The van der Waals surface area contributed by atoms with E-state index in [4.69, 9.17) is 10.1 Å². The van der Waals surface area contributed by atoms with Gasteiger partial charge in [0.05, 0.1) is 24.6 Å². The Kier molecular flexibility index (Phi) is 10.1. The number of aryl methyl sites for hydroxylation is 1. The maximum Gasteiger partial charge on any atom is 0.413 e. The molecule has 232 valence electrons. The Balaban J connectivity index is 1.59. The molecule has 44 heavy (non-hydrogen) atoms. The molecular formula is C28H32N8O5S3. The zero-order valence-electron chi connectivity index (χ0n) is 24.6. The number of hydrogen-bond donors (Lipinski definition) is 5. The lowest BCUT2D eigenvalue weighted by Crippen LogP contribution is -2.36. The average Bonchev–Trinajstić information content (AvgIpc) is 3.63. The number of aromatic nitrogens is 4. The Hall–Kier alpha value is -4.28. The largest absolute Gasteiger partial charge is 0.444 e. The molecule has 0 spiro atoms. The molecule has 0 saturated heterocycles. The van der Waals surface area contributed by atoms with Crippen LogP contribution >= 0.6 is 23.1 Å². The molecule has 0 unspecified atom stereocenters. The Bertz CT molecular complexity index is 1780. The molecule has 0 aliphatic heterocycles. The number of carbonyl (C=O) groups is 2. The summed E-state index contributed by atoms with van der Waals surface area (Å²) in [6, 6.07) is 12.8. The van der Waals surface area contributed by atoms with Gasteiger partial charge in [0.15, 0.2) is 5.82 Å². The molecule has 3 amide bonds. The van der Waals surface area contributed by atoms with E-state index in [1.807, 2.05) is 13.0 Å². The number of alkyl carbamates (subject to hydrolysis) is 1. The van der Waals surface area contributed by atoms with Crippen LogP contribution in [0.15, 0.2) is 62.5 Å². The molecular weight excluding hydrogens is 625 g/mol. The van der Waals surface area contributed by atoms with Gasteiger partial charge in [-0.1, -0.05) is 29.5 Å². The maximum absolute atomic E-state index is 13.9. The maximum atomic E-state index is 13.9. The first kappa shape index (κ1) is 32.6. The standard InChI is InChI=1S/C28H32N8O5S3/c1-16-8-6-11-19(31-26(37)30-13-12-22-33-35-36-34-22)23(16)17-9-7-10-18(14-17)44(39,40)21-15-20(43-25(21)42-5)24(29)32-27(38)41-28(2,3)4/h6-11,14-15H,12-13H2,1-5H3,(H2,29,32,38)(H2,30,31,37)(H,33,34,35,36). The number of H-pyrrole nitrogens is 1. The molecule has 5 N–H and O–H groups in total. The number of aromatic amines is 1. The number of thioether (sulfide) groups is 1. The van der Waals surface area contributed by atoms with Crippen molar-refractivity contribution in [2.45, 2.75) is 53.7 Å². The molecule has 0 aliphatic rings. The molecule has 0 atom stereocenters. The van der Waals surface area contributed by atoms with E-state index in [-0.39, 0.29) is 27.0 Å². The Morgan fingerprint density at radius 1 is 1.14 bits per heavy atom. The second-order valence-corrected chi connectivity index (χ2v) is 14.5. The van der Waals surface area contributed by atoms with Crippen molar-refractivity contribution >= 4 is 56.6 Å². The second kappa shape index (κ2) is 13.6. The van der Waals surface area contributed by atoms with E-state index in [0.29, 0.717) is 33.3 Å². The summed E-state index contributed by atoms with van der Waals surface area (Å²) in [5, 5.41) is 29.9. The van der Waals surface area contributed by atoms with Gasteiger partial charge < -0.3 is 15.4 Å². The van der Waals surface area contributed by atoms with Gasteiger partial charge in [-0.15, -0.1) is 33.3 Å². The number of tetrazole rings is 1. The Labute approximate surface area is 263 Å². The van der Waals surface area contributed by atoms with Gasteiger partial charge in [0.25, 0.3) is 0 Å². The van der Waals surface area contributed by atoms with E-state index in [0.717, 1.165) is 16.9 Å². The van der Waals surface area contributed by atoms with Crippen molar-refractivity contribution in [3.8, 4) is 11.1 Å². The fourth-order valence-corrected chi connectivity index (χ4v) is 8.07. The number of amidine groups is 1. The van der Waals surface area contributed by atoms with Crippen LogP contribution in [0.1, 0.15) is 37.0 Å². The highest BCUT2D eigenvalue weighted by molar-refractivity contribution is 8.01. The number of thiophene rings is 1. The summed E-state index contributed by atoms with van der Waals surface area (Å²) < 4.78 is 33.5. The van der Waals surface area contributed by atoms with Crippen LogP contribution in [-0.2, 0) is 21.0 Å². The Morgan fingerprint density at radius 3 is 2.57 bits per heavy atom. The van der Waals surface area contributed by atoms with E-state index in [1.165, 1.54) is 23.9 Å². The van der Waals surface area contributed by atoms with Gasteiger partial charge in [0, 0.05) is 18.5 Å². The predicted octanol–water partition coefficient (Wildman–Crippen LogP) is 5.01. The number of urea groups is 1. The van der Waals surface area contributed by atoms with Crippen molar-refractivity contribution in [3.05, 3.63) is 64.8 Å². The Morgan fingerprint density at radius 2 is 1.89 bits per heavy atom. The van der Waals surface area contributed by atoms with Gasteiger partial charge in [0.2, 0.25) is 9.84 Å². The molecule has 4 rings (SSSR count). The lowest BCUT2D eigenvalue weighted by molar-refractivity contribution is 0.0563. The fraction of sp³-hybridized carbons (Fsp3) is 0.286. The fourth-order valence-electron chi connectivity index (χ4n) is 4.12. The zero-order valence-corrected chi connectivity index (χ0v) is 27.1. The molecule has 2 heterocycles. The van der Waals surface area contributed by atoms with Crippen LogP contribution in [0.25, 0.3) is 11.1 Å². The van der Waals surface area contributed by atoms with Crippen LogP contribution in [0.2, 0.25) is 0 Å². The van der Waals surface area contributed by atoms with E-state index in [2.05, 4.69) is 36.6 Å². The molecule has 0 bridgehead atoms. The van der Waals surface area contributed by atoms with Crippen LogP contribution in [-0.4, -0.2) is 65.4 Å². The van der Waals surface area contributed by atoms with Gasteiger partial charge in [-0.2, -0.15) is 5.21 Å². The molecule has 2 aromatic heterocycles. The number of rotatable bonds is 9. The first-order chi connectivity index (χ1) is 20.8. The van der Waals surface area contributed by atoms with Crippen molar-refractivity contribution in [1.82, 2.24) is 31.3 Å². The molecule has 0 aliphatic carbocycles. The van der Waals surface area contributed by atoms with Crippen molar-refractivity contribution < 1.29 is 22.7 Å². The van der Waals surface area contributed by atoms with Crippen molar-refractivity contribution in [2.75, 3.05) is 18.1 Å². The van der Waals surface area contributed by atoms with Crippen LogP contribution < -0.4 is 16.0 Å². The highest BCUT2D eigenvalue weighted by Crippen LogP contribution is 2.39. The SMILES string of the molecule is CSc1sc(C(=N)NC(=O)OC(C)(C)C)cc1S(=O)(=O)c1cccc(-c2c(C)cccc2NC(=O)NCCc2nn[nH]n2)c1. The lowest BCUT2D eigenvalue weighted by Gasteiger charge is -2.19. The topological polar surface area (TPSA) is 192 Å². The minimum absolute atomic E-state index is 0.0296. The number of benzene rings is 2. The monoisotopic (exact) mass is 656 g/mol. The van der Waals surface area contributed by atoms with Crippen molar-refractivity contribution in [2.24, 2.45) is 0 Å². The minimum atomic E-state index is -4.03. The molecule has 16 heteroatoms. The second-order valence-electron chi connectivity index (χ2n) is 10.5. The third-order valence-corrected chi connectivity index (χ3v) is 10.3. The lowest BCUT2D eigenvalue weighted by atomic mass is 9.98. The third kappa shape index (κ3) is 8.00. The van der Waals surface area contributed by atoms with E-state index in [9.17, 15) is 18.0 Å². The molecule has 0 radical (unpaired) electrons. The van der Waals surface area contributed by atoms with Crippen molar-refractivity contribution in [1.29, 1.82) is 5.41 Å². The summed E-state index contributed by atoms with van der Waals surface area (Å²) in [6.45, 7) is 7.27. The van der Waals surface area contributed by atoms with Crippen LogP contribution in [0.4, 0.5) is 15.3 Å². The number of hydrogen-bond acceptors (Lipinski definition) is 11. The molecule has 4 aromatic rings. The number of nitrogens with zero attached hydrogens (tertiary/aromatic N) is 3. The summed E-state index contributed by atoms with van der Waals surface area (Å²) >= 11 is 2.32. The minimum Gasteiger partial charge on any atom is -0.444 e. The highest BCUT2D eigenvalue weighted by Gasteiger charge is 2.27. The molecule has 13 nitrogen and oxygen atoms in total.